The summed E-state index contributed by atoms with van der Waals surface area (Å²) in [5, 5.41) is 18.2. The van der Waals surface area contributed by atoms with Gasteiger partial charge in [0.1, 0.15) is 5.69 Å². The summed E-state index contributed by atoms with van der Waals surface area (Å²) in [5.74, 6) is -1.33. The van der Waals surface area contributed by atoms with Crippen LogP contribution in [0.4, 0.5) is 9.93 Å². The summed E-state index contributed by atoms with van der Waals surface area (Å²) in [4.78, 5) is 34.4. The van der Waals surface area contributed by atoms with E-state index in [0.717, 1.165) is 28.0 Å². The van der Waals surface area contributed by atoms with Crippen molar-refractivity contribution in [3.8, 4) is 0 Å². The van der Waals surface area contributed by atoms with Gasteiger partial charge in [-0.25, -0.2) is 14.6 Å². The standard InChI is InChI=1S/C27H23N3O5S/c1-2-34-26(33)29-25-28-22(18-36-25)23(24(31)32)30-35-27(19-12-6-3-7-13-19,20-14-8-4-9-15-20)21-16-10-5-11-17-21/h3-18H,2H2,1H3,(H,31,32)(H,28,29,33). The van der Waals surface area contributed by atoms with E-state index < -0.39 is 23.4 Å². The van der Waals surface area contributed by atoms with Gasteiger partial charge in [-0.05, 0) is 6.92 Å². The predicted octanol–water partition coefficient (Wildman–Crippen LogP) is 5.51. The summed E-state index contributed by atoms with van der Waals surface area (Å²) in [6.07, 6.45) is -0.681. The summed E-state index contributed by atoms with van der Waals surface area (Å²) < 4.78 is 4.85. The highest BCUT2D eigenvalue weighted by molar-refractivity contribution is 7.14. The monoisotopic (exact) mass is 501 g/mol. The van der Waals surface area contributed by atoms with E-state index in [0.29, 0.717) is 0 Å². The van der Waals surface area contributed by atoms with Gasteiger partial charge in [-0.1, -0.05) is 96.2 Å². The Hall–Kier alpha value is -4.50. The molecule has 4 rings (SSSR count). The lowest BCUT2D eigenvalue weighted by molar-refractivity contribution is -0.129. The second kappa shape index (κ2) is 11.3. The number of carbonyl (C=O) groups is 2. The Kier molecular flexibility index (Phi) is 7.72. The smallest absolute Gasteiger partial charge is 0.413 e. The lowest BCUT2D eigenvalue weighted by atomic mass is 9.80. The molecule has 0 saturated carbocycles. The number of rotatable bonds is 9. The lowest BCUT2D eigenvalue weighted by Gasteiger charge is -2.33. The van der Waals surface area contributed by atoms with Crippen LogP contribution in [0.1, 0.15) is 29.3 Å². The zero-order chi connectivity index (χ0) is 25.4. The normalized spacial score (nSPS) is 11.5. The number of carbonyl (C=O) groups excluding carboxylic acids is 1. The van der Waals surface area contributed by atoms with Crippen molar-refractivity contribution in [2.45, 2.75) is 12.5 Å². The number of hydrogen-bond acceptors (Lipinski definition) is 7. The zero-order valence-corrected chi connectivity index (χ0v) is 20.1. The molecule has 8 nitrogen and oxygen atoms in total. The van der Waals surface area contributed by atoms with E-state index in [9.17, 15) is 14.7 Å². The van der Waals surface area contributed by atoms with E-state index in [2.05, 4.69) is 15.5 Å². The summed E-state index contributed by atoms with van der Waals surface area (Å²) in [6.45, 7) is 1.87. The van der Waals surface area contributed by atoms with Crippen molar-refractivity contribution < 1.29 is 24.3 Å². The van der Waals surface area contributed by atoms with Gasteiger partial charge in [0.05, 0.1) is 6.61 Å². The van der Waals surface area contributed by atoms with Crippen LogP contribution in [-0.4, -0.2) is 34.5 Å². The van der Waals surface area contributed by atoms with Gasteiger partial charge in [0.25, 0.3) is 0 Å². The fourth-order valence-electron chi connectivity index (χ4n) is 3.68. The van der Waals surface area contributed by atoms with E-state index >= 15 is 0 Å². The summed E-state index contributed by atoms with van der Waals surface area (Å²) >= 11 is 1.05. The molecule has 9 heteroatoms. The van der Waals surface area contributed by atoms with Crippen molar-refractivity contribution >= 4 is 34.2 Å². The Bertz CT molecular complexity index is 1240. The van der Waals surface area contributed by atoms with Crippen LogP contribution in [0, 0.1) is 0 Å². The average molecular weight is 502 g/mol. The number of benzene rings is 3. The number of carboxylic acids is 1. The van der Waals surface area contributed by atoms with Crippen molar-refractivity contribution in [2.75, 3.05) is 11.9 Å². The Morgan fingerprint density at radius 2 is 1.42 bits per heavy atom. The van der Waals surface area contributed by atoms with Crippen LogP contribution in [0.2, 0.25) is 0 Å². The second-order valence-electron chi connectivity index (χ2n) is 7.50. The van der Waals surface area contributed by atoms with Crippen molar-refractivity contribution in [3.05, 3.63) is 119 Å². The molecule has 1 amide bonds. The van der Waals surface area contributed by atoms with Gasteiger partial charge >= 0.3 is 12.1 Å². The van der Waals surface area contributed by atoms with Gasteiger partial charge in [-0.3, -0.25) is 5.32 Å². The molecular weight excluding hydrogens is 478 g/mol. The van der Waals surface area contributed by atoms with Gasteiger partial charge in [0.15, 0.2) is 5.13 Å². The number of thiazole rings is 1. The van der Waals surface area contributed by atoms with E-state index in [1.807, 2.05) is 91.0 Å². The molecule has 182 valence electrons. The molecule has 3 aromatic carbocycles. The van der Waals surface area contributed by atoms with Crippen LogP contribution < -0.4 is 5.32 Å². The quantitative estimate of drug-likeness (QED) is 0.178. The van der Waals surface area contributed by atoms with Crippen molar-refractivity contribution in [1.82, 2.24) is 4.98 Å². The van der Waals surface area contributed by atoms with Crippen LogP contribution >= 0.6 is 11.3 Å². The van der Waals surface area contributed by atoms with Crippen LogP contribution in [0.15, 0.2) is 102 Å². The molecule has 4 aromatic rings. The maximum atomic E-state index is 12.2. The molecule has 1 aromatic heterocycles. The zero-order valence-electron chi connectivity index (χ0n) is 19.3. The van der Waals surface area contributed by atoms with Crippen molar-refractivity contribution in [2.24, 2.45) is 5.16 Å². The first-order valence-electron chi connectivity index (χ1n) is 11.1. The molecule has 0 aliphatic heterocycles. The minimum absolute atomic E-state index is 0.0439. The average Bonchev–Trinajstić information content (AvgIpc) is 3.36. The Labute approximate surface area is 211 Å². The minimum atomic E-state index is -1.33. The van der Waals surface area contributed by atoms with Gasteiger partial charge in [0.2, 0.25) is 11.3 Å². The molecule has 0 bridgehead atoms. The first-order valence-corrected chi connectivity index (χ1v) is 12.0. The molecule has 0 unspecified atom stereocenters. The molecule has 0 spiro atoms. The molecule has 0 saturated heterocycles. The Morgan fingerprint density at radius 3 is 1.86 bits per heavy atom. The van der Waals surface area contributed by atoms with E-state index in [1.165, 1.54) is 5.38 Å². The third kappa shape index (κ3) is 5.26. The van der Waals surface area contributed by atoms with Gasteiger partial charge in [-0.15, -0.1) is 11.3 Å². The first-order chi connectivity index (χ1) is 17.5. The van der Waals surface area contributed by atoms with Crippen LogP contribution in [0.3, 0.4) is 0 Å². The number of oxime groups is 1. The van der Waals surface area contributed by atoms with Gasteiger partial charge in [-0.2, -0.15) is 0 Å². The number of ether oxygens (including phenoxy) is 1. The molecule has 1 heterocycles. The van der Waals surface area contributed by atoms with Crippen molar-refractivity contribution in [3.63, 3.8) is 0 Å². The molecule has 0 radical (unpaired) electrons. The third-order valence-electron chi connectivity index (χ3n) is 5.25. The molecular formula is C27H23N3O5S. The maximum Gasteiger partial charge on any atom is 0.413 e. The predicted molar refractivity (Wildman–Crippen MR) is 137 cm³/mol. The molecule has 0 aliphatic rings. The van der Waals surface area contributed by atoms with Crippen LogP contribution in [0.5, 0.6) is 0 Å². The minimum Gasteiger partial charge on any atom is -0.476 e. The van der Waals surface area contributed by atoms with E-state index in [4.69, 9.17) is 9.57 Å². The Balaban J connectivity index is 1.82. The fourth-order valence-corrected chi connectivity index (χ4v) is 4.36. The number of nitrogens with one attached hydrogen (secondary N) is 1. The van der Waals surface area contributed by atoms with E-state index in [1.54, 1.807) is 6.92 Å². The summed E-state index contributed by atoms with van der Waals surface area (Å²) in [5.41, 5.74) is 0.682. The molecule has 36 heavy (non-hydrogen) atoms. The largest absolute Gasteiger partial charge is 0.476 e. The number of hydrogen-bond donors (Lipinski definition) is 2. The van der Waals surface area contributed by atoms with E-state index in [-0.39, 0.29) is 17.4 Å². The maximum absolute atomic E-state index is 12.2. The number of aromatic nitrogens is 1. The highest BCUT2D eigenvalue weighted by Crippen LogP contribution is 2.40. The van der Waals surface area contributed by atoms with Gasteiger partial charge in [0, 0.05) is 22.1 Å². The fraction of sp³-hybridized carbons (Fsp3) is 0.111. The highest BCUT2D eigenvalue weighted by atomic mass is 32.1. The number of carboxylic acid groups (broad SMARTS) is 1. The lowest BCUT2D eigenvalue weighted by Crippen LogP contribution is -2.32. The summed E-state index contributed by atoms with van der Waals surface area (Å²) in [7, 11) is 0. The van der Waals surface area contributed by atoms with Gasteiger partial charge < -0.3 is 14.7 Å². The number of anilines is 1. The first kappa shape index (κ1) is 24.6. The molecule has 0 atom stereocenters. The van der Waals surface area contributed by atoms with Crippen LogP contribution in [-0.2, 0) is 20.0 Å². The topological polar surface area (TPSA) is 110 Å². The summed E-state index contributed by atoms with van der Waals surface area (Å²) in [6, 6.07) is 28.4. The SMILES string of the molecule is CCOC(=O)Nc1nc(C(=NOC(c2ccccc2)(c2ccccc2)c2ccccc2)C(=O)O)cs1. The van der Waals surface area contributed by atoms with Crippen LogP contribution in [0.25, 0.3) is 0 Å². The molecule has 0 aliphatic carbocycles. The number of nitrogens with zero attached hydrogens (tertiary/aromatic N) is 2. The number of aliphatic carboxylic acids is 1. The number of amides is 1. The highest BCUT2D eigenvalue weighted by Gasteiger charge is 2.40. The van der Waals surface area contributed by atoms with Crippen molar-refractivity contribution in [1.29, 1.82) is 0 Å². The third-order valence-corrected chi connectivity index (χ3v) is 6.01. The second-order valence-corrected chi connectivity index (χ2v) is 8.36. The molecule has 2 N–H and O–H groups in total. The molecule has 0 fully saturated rings. The Morgan fingerprint density at radius 1 is 0.917 bits per heavy atom.